The van der Waals surface area contributed by atoms with Gasteiger partial charge in [-0.1, -0.05) is 12.8 Å². The number of aromatic nitrogens is 1. The fraction of sp³-hybridized carbons (Fsp3) is 0.538. The van der Waals surface area contributed by atoms with E-state index in [1.807, 2.05) is 6.92 Å². The molecule has 90 valence electrons. The molecule has 1 aliphatic rings. The summed E-state index contributed by atoms with van der Waals surface area (Å²) < 4.78 is 0. The van der Waals surface area contributed by atoms with E-state index in [1.165, 1.54) is 0 Å². The Balaban J connectivity index is 2.12. The average molecular weight is 231 g/mol. The van der Waals surface area contributed by atoms with Gasteiger partial charge in [-0.3, -0.25) is 0 Å². The second-order valence-corrected chi connectivity index (χ2v) is 4.60. The number of hydrogen-bond acceptors (Lipinski definition) is 4. The number of nitrogens with zero attached hydrogens (tertiary/aromatic N) is 2. The zero-order valence-electron chi connectivity index (χ0n) is 9.98. The number of nitriles is 1. The lowest BCUT2D eigenvalue weighted by Crippen LogP contribution is -2.36. The third-order valence-corrected chi connectivity index (χ3v) is 3.15. The van der Waals surface area contributed by atoms with Crippen molar-refractivity contribution in [3.63, 3.8) is 0 Å². The maximum absolute atomic E-state index is 9.87. The lowest BCUT2D eigenvalue weighted by Gasteiger charge is -2.28. The van der Waals surface area contributed by atoms with Crippen molar-refractivity contribution >= 4 is 5.82 Å². The van der Waals surface area contributed by atoms with Gasteiger partial charge in [-0.2, -0.15) is 5.26 Å². The molecule has 0 spiro atoms. The van der Waals surface area contributed by atoms with E-state index in [4.69, 9.17) is 5.26 Å². The zero-order valence-corrected chi connectivity index (χ0v) is 9.98. The van der Waals surface area contributed by atoms with E-state index in [1.54, 1.807) is 12.1 Å². The molecule has 1 fully saturated rings. The van der Waals surface area contributed by atoms with Crippen LogP contribution in [-0.2, 0) is 0 Å². The lowest BCUT2D eigenvalue weighted by atomic mass is 9.92. The molecule has 17 heavy (non-hydrogen) atoms. The Labute approximate surface area is 101 Å². The van der Waals surface area contributed by atoms with E-state index in [2.05, 4.69) is 16.4 Å². The molecule has 0 saturated heterocycles. The molecular weight excluding hydrogens is 214 g/mol. The third kappa shape index (κ3) is 2.95. The average Bonchev–Trinajstić information content (AvgIpc) is 2.31. The second kappa shape index (κ2) is 5.15. The minimum absolute atomic E-state index is 0.0598. The van der Waals surface area contributed by atoms with Crippen molar-refractivity contribution < 1.29 is 5.11 Å². The summed E-state index contributed by atoms with van der Waals surface area (Å²) in [6.07, 6.45) is 3.71. The Morgan fingerprint density at radius 2 is 2.18 bits per heavy atom. The van der Waals surface area contributed by atoms with E-state index in [0.717, 1.165) is 31.4 Å². The van der Waals surface area contributed by atoms with Gasteiger partial charge in [0.15, 0.2) is 0 Å². The van der Waals surface area contributed by atoms with Gasteiger partial charge in [0, 0.05) is 5.69 Å². The van der Waals surface area contributed by atoms with Gasteiger partial charge >= 0.3 is 0 Å². The first kappa shape index (κ1) is 11.9. The van der Waals surface area contributed by atoms with E-state index >= 15 is 0 Å². The molecule has 4 heteroatoms. The molecule has 2 rings (SSSR count). The van der Waals surface area contributed by atoms with Crippen LogP contribution in [-0.4, -0.2) is 22.2 Å². The number of pyridine rings is 1. The molecule has 1 aromatic rings. The van der Waals surface area contributed by atoms with Crippen molar-refractivity contribution in [2.45, 2.75) is 44.8 Å². The number of nitrogens with one attached hydrogen (secondary N) is 1. The number of aryl methyl sites for hydroxylation is 1. The highest BCUT2D eigenvalue weighted by molar-refractivity contribution is 5.45. The Morgan fingerprint density at radius 1 is 1.41 bits per heavy atom. The molecule has 2 atom stereocenters. The summed E-state index contributed by atoms with van der Waals surface area (Å²) >= 11 is 0. The van der Waals surface area contributed by atoms with E-state index in [0.29, 0.717) is 11.4 Å². The maximum Gasteiger partial charge on any atom is 0.127 e. The Hall–Kier alpha value is -1.60. The summed E-state index contributed by atoms with van der Waals surface area (Å²) in [6, 6.07) is 5.66. The van der Waals surface area contributed by atoms with Crippen LogP contribution >= 0.6 is 0 Å². The standard InChI is InChI=1S/C13H17N3O/c1-9-6-10(8-14)7-13(15-9)16-11-4-2-3-5-12(11)17/h6-7,11-12,17H,2-5H2,1H3,(H,15,16). The molecule has 4 nitrogen and oxygen atoms in total. The van der Waals surface area contributed by atoms with Gasteiger partial charge < -0.3 is 10.4 Å². The maximum atomic E-state index is 9.87. The van der Waals surface area contributed by atoms with Crippen LogP contribution in [0.5, 0.6) is 0 Å². The van der Waals surface area contributed by atoms with Gasteiger partial charge in [0.05, 0.1) is 23.8 Å². The number of hydrogen-bond donors (Lipinski definition) is 2. The summed E-state index contributed by atoms with van der Waals surface area (Å²) in [5.41, 5.74) is 1.42. The van der Waals surface area contributed by atoms with Gasteiger partial charge in [0.1, 0.15) is 5.82 Å². The Morgan fingerprint density at radius 3 is 2.88 bits per heavy atom. The first-order chi connectivity index (χ1) is 8.19. The van der Waals surface area contributed by atoms with Gasteiger partial charge in [-0.05, 0) is 31.9 Å². The van der Waals surface area contributed by atoms with Crippen LogP contribution < -0.4 is 5.32 Å². The predicted molar refractivity (Wildman–Crippen MR) is 65.6 cm³/mol. The molecule has 1 heterocycles. The summed E-state index contributed by atoms with van der Waals surface area (Å²) in [5, 5.41) is 22.0. The van der Waals surface area contributed by atoms with Crippen molar-refractivity contribution in [1.82, 2.24) is 4.98 Å². The van der Waals surface area contributed by atoms with Crippen molar-refractivity contribution in [1.29, 1.82) is 5.26 Å². The summed E-state index contributed by atoms with van der Waals surface area (Å²) in [4.78, 5) is 4.34. The van der Waals surface area contributed by atoms with Crippen LogP contribution in [0.15, 0.2) is 12.1 Å². The van der Waals surface area contributed by atoms with Crippen LogP contribution in [0.4, 0.5) is 5.82 Å². The van der Waals surface area contributed by atoms with Gasteiger partial charge in [0.25, 0.3) is 0 Å². The normalized spacial score (nSPS) is 24.1. The molecule has 1 aromatic heterocycles. The van der Waals surface area contributed by atoms with Crippen LogP contribution in [0.2, 0.25) is 0 Å². The third-order valence-electron chi connectivity index (χ3n) is 3.15. The number of anilines is 1. The van der Waals surface area contributed by atoms with E-state index < -0.39 is 0 Å². The molecule has 1 saturated carbocycles. The SMILES string of the molecule is Cc1cc(C#N)cc(NC2CCCCC2O)n1. The lowest BCUT2D eigenvalue weighted by molar-refractivity contribution is 0.116. The van der Waals surface area contributed by atoms with Gasteiger partial charge in [-0.25, -0.2) is 4.98 Å². The molecule has 0 aromatic carbocycles. The number of aliphatic hydroxyl groups is 1. The van der Waals surface area contributed by atoms with Crippen molar-refractivity contribution in [2.24, 2.45) is 0 Å². The highest BCUT2D eigenvalue weighted by Crippen LogP contribution is 2.22. The molecule has 0 bridgehead atoms. The molecule has 0 radical (unpaired) electrons. The highest BCUT2D eigenvalue weighted by Gasteiger charge is 2.23. The second-order valence-electron chi connectivity index (χ2n) is 4.60. The molecule has 0 amide bonds. The quantitative estimate of drug-likeness (QED) is 0.816. The van der Waals surface area contributed by atoms with Crippen LogP contribution in [0.1, 0.15) is 36.9 Å². The predicted octanol–water partition coefficient (Wildman–Crippen LogP) is 1.98. The molecular formula is C13H17N3O. The number of rotatable bonds is 2. The highest BCUT2D eigenvalue weighted by atomic mass is 16.3. The smallest absolute Gasteiger partial charge is 0.127 e. The monoisotopic (exact) mass is 231 g/mol. The topological polar surface area (TPSA) is 68.9 Å². The fourth-order valence-electron chi connectivity index (χ4n) is 2.28. The largest absolute Gasteiger partial charge is 0.391 e. The molecule has 1 aliphatic carbocycles. The fourth-order valence-corrected chi connectivity index (χ4v) is 2.28. The van der Waals surface area contributed by atoms with Gasteiger partial charge in [-0.15, -0.1) is 0 Å². The first-order valence-corrected chi connectivity index (χ1v) is 6.02. The van der Waals surface area contributed by atoms with E-state index in [9.17, 15) is 5.11 Å². The Bertz CT molecular complexity index is 439. The van der Waals surface area contributed by atoms with Crippen LogP contribution in [0.3, 0.4) is 0 Å². The Kier molecular flexibility index (Phi) is 3.60. The summed E-state index contributed by atoms with van der Waals surface area (Å²) in [5.74, 6) is 0.688. The minimum atomic E-state index is -0.309. The molecule has 2 N–H and O–H groups in total. The van der Waals surface area contributed by atoms with Crippen molar-refractivity contribution in [3.05, 3.63) is 23.4 Å². The summed E-state index contributed by atoms with van der Waals surface area (Å²) in [6.45, 7) is 1.86. The van der Waals surface area contributed by atoms with Crippen LogP contribution in [0, 0.1) is 18.3 Å². The van der Waals surface area contributed by atoms with Crippen LogP contribution in [0.25, 0.3) is 0 Å². The van der Waals surface area contributed by atoms with Crippen molar-refractivity contribution in [2.75, 3.05) is 5.32 Å². The molecule has 2 unspecified atom stereocenters. The molecule has 0 aliphatic heterocycles. The summed E-state index contributed by atoms with van der Waals surface area (Å²) in [7, 11) is 0. The minimum Gasteiger partial charge on any atom is -0.391 e. The first-order valence-electron chi connectivity index (χ1n) is 6.02. The van der Waals surface area contributed by atoms with Gasteiger partial charge in [0.2, 0.25) is 0 Å². The van der Waals surface area contributed by atoms with E-state index in [-0.39, 0.29) is 12.1 Å². The van der Waals surface area contributed by atoms with Crippen molar-refractivity contribution in [3.8, 4) is 6.07 Å². The zero-order chi connectivity index (χ0) is 12.3. The number of aliphatic hydroxyl groups excluding tert-OH is 1.